The molecule has 2 aliphatic rings. The van der Waals surface area contributed by atoms with Gasteiger partial charge in [0.15, 0.2) is 0 Å². The first-order valence-corrected chi connectivity index (χ1v) is 11.7. The summed E-state index contributed by atoms with van der Waals surface area (Å²) < 4.78 is 11.4. The summed E-state index contributed by atoms with van der Waals surface area (Å²) in [4.78, 5) is 42.9. The van der Waals surface area contributed by atoms with Crippen LogP contribution in [-0.2, 0) is 9.59 Å². The van der Waals surface area contributed by atoms with Crippen LogP contribution >= 0.6 is 0 Å². The van der Waals surface area contributed by atoms with E-state index in [-0.39, 0.29) is 23.8 Å². The normalized spacial score (nSPS) is 18.2. The minimum atomic E-state index is -0.327. The maximum atomic E-state index is 13.6. The average Bonchev–Trinajstić information content (AvgIpc) is 3.27. The van der Waals surface area contributed by atoms with E-state index in [1.165, 1.54) is 0 Å². The zero-order valence-electron chi connectivity index (χ0n) is 19.7. The molecule has 3 amide bonds. The van der Waals surface area contributed by atoms with Gasteiger partial charge in [-0.3, -0.25) is 14.4 Å². The third kappa shape index (κ3) is 5.16. The predicted molar refractivity (Wildman–Crippen MR) is 127 cm³/mol. The van der Waals surface area contributed by atoms with E-state index in [4.69, 9.17) is 9.47 Å². The monoisotopic (exact) mass is 465 g/mol. The number of methoxy groups -OCH3 is 1. The number of carbonyl (C=O) groups excluding carboxylic acids is 3. The van der Waals surface area contributed by atoms with Crippen molar-refractivity contribution in [1.82, 2.24) is 14.7 Å². The summed E-state index contributed by atoms with van der Waals surface area (Å²) in [6, 6.07) is 14.4. The topological polar surface area (TPSA) is 79.4 Å². The number of nitrogens with zero attached hydrogens (tertiary/aromatic N) is 3. The van der Waals surface area contributed by atoms with Crippen molar-refractivity contribution in [2.24, 2.45) is 0 Å². The summed E-state index contributed by atoms with van der Waals surface area (Å²) in [5.41, 5.74) is 1.39. The summed E-state index contributed by atoms with van der Waals surface area (Å²) in [5.74, 6) is 1.30. The van der Waals surface area contributed by atoms with Crippen LogP contribution in [0, 0.1) is 0 Å². The molecule has 0 spiro atoms. The molecule has 8 nitrogen and oxygen atoms in total. The van der Waals surface area contributed by atoms with Crippen LogP contribution in [0.5, 0.6) is 11.5 Å². The summed E-state index contributed by atoms with van der Waals surface area (Å²) in [7, 11) is 1.60. The molecular weight excluding hydrogens is 434 g/mol. The van der Waals surface area contributed by atoms with Crippen molar-refractivity contribution in [3.8, 4) is 11.5 Å². The number of amides is 3. The molecule has 0 bridgehead atoms. The van der Waals surface area contributed by atoms with Crippen LogP contribution in [0.4, 0.5) is 0 Å². The van der Waals surface area contributed by atoms with Crippen molar-refractivity contribution >= 4 is 17.7 Å². The van der Waals surface area contributed by atoms with Gasteiger partial charge in [0.05, 0.1) is 19.7 Å². The third-order valence-electron chi connectivity index (χ3n) is 6.47. The number of hydrogen-bond donors (Lipinski definition) is 0. The highest BCUT2D eigenvalue weighted by Gasteiger charge is 2.34. The molecule has 4 rings (SSSR count). The lowest BCUT2D eigenvalue weighted by Crippen LogP contribution is -2.52. The van der Waals surface area contributed by atoms with E-state index in [9.17, 15) is 14.4 Å². The van der Waals surface area contributed by atoms with Gasteiger partial charge in [-0.15, -0.1) is 0 Å². The number of piperazine rings is 1. The Morgan fingerprint density at radius 3 is 2.62 bits per heavy atom. The smallest absolute Gasteiger partial charge is 0.254 e. The molecule has 0 saturated carbocycles. The van der Waals surface area contributed by atoms with Crippen molar-refractivity contribution in [2.75, 3.05) is 46.4 Å². The van der Waals surface area contributed by atoms with Crippen LogP contribution in [0.25, 0.3) is 0 Å². The molecule has 180 valence electrons. The van der Waals surface area contributed by atoms with Gasteiger partial charge in [0.25, 0.3) is 5.91 Å². The summed E-state index contributed by atoms with van der Waals surface area (Å²) in [6.07, 6.45) is 1.50. The fourth-order valence-corrected chi connectivity index (χ4v) is 4.62. The second-order valence-electron chi connectivity index (χ2n) is 8.58. The summed E-state index contributed by atoms with van der Waals surface area (Å²) in [5, 5.41) is 0. The molecule has 0 aromatic heterocycles. The van der Waals surface area contributed by atoms with Crippen molar-refractivity contribution in [1.29, 1.82) is 0 Å². The molecule has 2 aliphatic heterocycles. The number of para-hydroxylation sites is 1. The Kier molecular flexibility index (Phi) is 7.35. The first-order chi connectivity index (χ1) is 16.5. The molecule has 8 heteroatoms. The van der Waals surface area contributed by atoms with E-state index < -0.39 is 0 Å². The van der Waals surface area contributed by atoms with Crippen molar-refractivity contribution in [2.45, 2.75) is 25.8 Å². The van der Waals surface area contributed by atoms with Crippen molar-refractivity contribution in [3.63, 3.8) is 0 Å². The highest BCUT2D eigenvalue weighted by Crippen LogP contribution is 2.33. The Morgan fingerprint density at radius 2 is 1.88 bits per heavy atom. The van der Waals surface area contributed by atoms with Gasteiger partial charge in [0.1, 0.15) is 18.1 Å². The summed E-state index contributed by atoms with van der Waals surface area (Å²) >= 11 is 0. The number of carbonyl (C=O) groups is 3. The quantitative estimate of drug-likeness (QED) is 0.628. The van der Waals surface area contributed by atoms with Gasteiger partial charge in [-0.25, -0.2) is 0 Å². The summed E-state index contributed by atoms with van der Waals surface area (Å²) in [6.45, 7) is 4.55. The second-order valence-corrected chi connectivity index (χ2v) is 8.58. The van der Waals surface area contributed by atoms with Crippen molar-refractivity contribution in [3.05, 3.63) is 59.7 Å². The van der Waals surface area contributed by atoms with Gasteiger partial charge < -0.3 is 24.2 Å². The molecule has 0 N–H and O–H groups in total. The van der Waals surface area contributed by atoms with E-state index in [0.717, 1.165) is 18.5 Å². The zero-order valence-corrected chi connectivity index (χ0v) is 19.7. The largest absolute Gasteiger partial charge is 0.496 e. The molecule has 2 fully saturated rings. The van der Waals surface area contributed by atoms with E-state index in [1.54, 1.807) is 46.9 Å². The molecule has 1 atom stereocenters. The van der Waals surface area contributed by atoms with Crippen LogP contribution in [0.2, 0.25) is 0 Å². The SMILES string of the molecule is COc1ccccc1C1CN(C(C)=O)CCN1C(=O)c1cccc(OCCN2CCCC2=O)c1. The second kappa shape index (κ2) is 10.6. The first kappa shape index (κ1) is 23.6. The van der Waals surface area contributed by atoms with Gasteiger partial charge >= 0.3 is 0 Å². The number of ether oxygens (including phenoxy) is 2. The standard InChI is InChI=1S/C26H31N3O5/c1-19(30)28-13-14-29(23(18-28)22-9-3-4-10-24(22)33-2)26(32)20-7-5-8-21(17-20)34-16-15-27-12-6-11-25(27)31/h3-5,7-10,17,23H,6,11-16,18H2,1-2H3. The Morgan fingerprint density at radius 1 is 1.06 bits per heavy atom. The van der Waals surface area contributed by atoms with Crippen LogP contribution in [0.1, 0.15) is 41.7 Å². The minimum absolute atomic E-state index is 0.0149. The van der Waals surface area contributed by atoms with Gasteiger partial charge in [0.2, 0.25) is 11.8 Å². The van der Waals surface area contributed by atoms with Crippen molar-refractivity contribution < 1.29 is 23.9 Å². The zero-order chi connectivity index (χ0) is 24.1. The lowest BCUT2D eigenvalue weighted by Gasteiger charge is -2.41. The van der Waals surface area contributed by atoms with E-state index in [0.29, 0.717) is 56.3 Å². The van der Waals surface area contributed by atoms with Gasteiger partial charge in [0, 0.05) is 50.7 Å². The van der Waals surface area contributed by atoms with Crippen LogP contribution in [0.15, 0.2) is 48.5 Å². The van der Waals surface area contributed by atoms with E-state index in [1.807, 2.05) is 30.3 Å². The maximum Gasteiger partial charge on any atom is 0.254 e. The molecular formula is C26H31N3O5. The molecule has 2 aromatic rings. The molecule has 1 unspecified atom stereocenters. The molecule has 0 aliphatic carbocycles. The molecule has 2 saturated heterocycles. The molecule has 2 aromatic carbocycles. The highest BCUT2D eigenvalue weighted by molar-refractivity contribution is 5.95. The van der Waals surface area contributed by atoms with Gasteiger partial charge in [-0.05, 0) is 30.7 Å². The lowest BCUT2D eigenvalue weighted by molar-refractivity contribution is -0.131. The molecule has 34 heavy (non-hydrogen) atoms. The molecule has 2 heterocycles. The maximum absolute atomic E-state index is 13.6. The fraction of sp³-hybridized carbons (Fsp3) is 0.423. The number of benzene rings is 2. The van der Waals surface area contributed by atoms with Gasteiger partial charge in [-0.1, -0.05) is 24.3 Å². The Balaban J connectivity index is 1.51. The van der Waals surface area contributed by atoms with Crippen LogP contribution in [0.3, 0.4) is 0 Å². The number of hydrogen-bond acceptors (Lipinski definition) is 5. The van der Waals surface area contributed by atoms with Gasteiger partial charge in [-0.2, -0.15) is 0 Å². The lowest BCUT2D eigenvalue weighted by atomic mass is 9.99. The average molecular weight is 466 g/mol. The van der Waals surface area contributed by atoms with E-state index >= 15 is 0 Å². The number of rotatable bonds is 7. The molecule has 0 radical (unpaired) electrons. The Hall–Kier alpha value is -3.55. The predicted octanol–water partition coefficient (Wildman–Crippen LogP) is 2.74. The number of likely N-dealkylation sites (tertiary alicyclic amines) is 1. The third-order valence-corrected chi connectivity index (χ3v) is 6.47. The van der Waals surface area contributed by atoms with Crippen LogP contribution in [-0.4, -0.2) is 78.9 Å². The Bertz CT molecular complexity index is 1060. The minimum Gasteiger partial charge on any atom is -0.496 e. The van der Waals surface area contributed by atoms with E-state index in [2.05, 4.69) is 0 Å². The highest BCUT2D eigenvalue weighted by atomic mass is 16.5. The fourth-order valence-electron chi connectivity index (χ4n) is 4.62. The first-order valence-electron chi connectivity index (χ1n) is 11.7. The Labute approximate surface area is 200 Å². The van der Waals surface area contributed by atoms with Crippen LogP contribution < -0.4 is 9.47 Å².